The van der Waals surface area contributed by atoms with Crippen LogP contribution in [0.2, 0.25) is 0 Å². The molecule has 7 rings (SSSR count). The van der Waals surface area contributed by atoms with Gasteiger partial charge < -0.3 is 19.1 Å². The summed E-state index contributed by atoms with van der Waals surface area (Å²) in [6.45, 7) is 9.39. The van der Waals surface area contributed by atoms with Gasteiger partial charge in [-0.15, -0.1) is 0 Å². The quantitative estimate of drug-likeness (QED) is 0.365. The molecule has 0 saturated carbocycles. The highest BCUT2D eigenvalue weighted by atomic mass is 19.1. The number of aromatic nitrogens is 3. The molecule has 4 fully saturated rings. The van der Waals surface area contributed by atoms with E-state index < -0.39 is 11.4 Å². The summed E-state index contributed by atoms with van der Waals surface area (Å²) in [4.78, 5) is 33.8. The number of nitrogens with zero attached hydrogens (tertiary/aromatic N) is 6. The van der Waals surface area contributed by atoms with Crippen molar-refractivity contribution in [3.8, 4) is 23.0 Å². The fourth-order valence-corrected chi connectivity index (χ4v) is 7.70. The maximum absolute atomic E-state index is 16.5. The third-order valence-electron chi connectivity index (χ3n) is 9.67. The SMILES string of the molecule is COc1ccccc1-c1ncc2c(N3C[C@H]4CC[C@@H](C3)N4C(=O)OC(C)(C)C)nc(OCC34CCCN3CCC4)nc2c1F. The smallest absolute Gasteiger partial charge is 0.410 e. The van der Waals surface area contributed by atoms with E-state index in [1.54, 1.807) is 25.4 Å². The Labute approximate surface area is 257 Å². The van der Waals surface area contributed by atoms with Crippen molar-refractivity contribution in [2.45, 2.75) is 82.5 Å². The monoisotopic (exact) mass is 604 g/mol. The first-order valence-electron chi connectivity index (χ1n) is 15.8. The minimum absolute atomic E-state index is 0.00398. The second-order valence-corrected chi connectivity index (χ2v) is 13.6. The van der Waals surface area contributed by atoms with E-state index in [9.17, 15) is 4.79 Å². The maximum atomic E-state index is 16.5. The molecule has 0 unspecified atom stereocenters. The molecule has 10 nitrogen and oxygen atoms in total. The first kappa shape index (κ1) is 29.0. The molecule has 0 N–H and O–H groups in total. The molecule has 0 aliphatic carbocycles. The maximum Gasteiger partial charge on any atom is 0.410 e. The van der Waals surface area contributed by atoms with Crippen molar-refractivity contribution >= 4 is 22.8 Å². The third kappa shape index (κ3) is 5.08. The number of carbonyl (C=O) groups excluding carboxylic acids is 1. The highest BCUT2D eigenvalue weighted by molar-refractivity contribution is 5.92. The number of benzene rings is 1. The number of amides is 1. The lowest BCUT2D eigenvalue weighted by Gasteiger charge is -2.42. The molecule has 1 amide bonds. The van der Waals surface area contributed by atoms with E-state index >= 15 is 4.39 Å². The van der Waals surface area contributed by atoms with Crippen LogP contribution in [0, 0.1) is 5.82 Å². The van der Waals surface area contributed by atoms with Crippen molar-refractivity contribution in [1.29, 1.82) is 0 Å². The molecule has 1 aromatic carbocycles. The number of ether oxygens (including phenoxy) is 3. The van der Waals surface area contributed by atoms with Gasteiger partial charge in [0.05, 0.1) is 30.1 Å². The number of para-hydroxylation sites is 1. The Balaban J connectivity index is 1.26. The van der Waals surface area contributed by atoms with Crippen LogP contribution in [0.15, 0.2) is 30.5 Å². The Bertz CT molecular complexity index is 1550. The predicted octanol–water partition coefficient (Wildman–Crippen LogP) is 5.43. The van der Waals surface area contributed by atoms with Crippen LogP contribution in [0.25, 0.3) is 22.2 Å². The number of rotatable bonds is 6. The standard InChI is InChI=1S/C33H41FN6O4/c1-32(2,3)44-31(41)40-21-11-12-22(40)19-38(18-21)29-24-17-35-27(23-9-5-6-10-25(23)42-4)26(34)28(24)36-30(37-29)43-20-33-13-7-15-39(33)16-8-14-33/h5-6,9-10,17,21-22H,7-8,11-16,18-20H2,1-4H3/t21-,22+. The molecule has 4 aliphatic rings. The number of hydrogen-bond acceptors (Lipinski definition) is 9. The van der Waals surface area contributed by atoms with Crippen molar-refractivity contribution in [1.82, 2.24) is 24.8 Å². The van der Waals surface area contributed by atoms with Crippen LogP contribution >= 0.6 is 0 Å². The highest BCUT2D eigenvalue weighted by Crippen LogP contribution is 2.41. The summed E-state index contributed by atoms with van der Waals surface area (Å²) in [5.74, 6) is 0.564. The van der Waals surface area contributed by atoms with Gasteiger partial charge in [0.25, 0.3) is 0 Å². The Morgan fingerprint density at radius 3 is 2.45 bits per heavy atom. The van der Waals surface area contributed by atoms with Gasteiger partial charge in [-0.25, -0.2) is 9.18 Å². The van der Waals surface area contributed by atoms with E-state index in [2.05, 4.69) is 19.8 Å². The van der Waals surface area contributed by atoms with Gasteiger partial charge in [0, 0.05) is 24.8 Å². The largest absolute Gasteiger partial charge is 0.496 e. The summed E-state index contributed by atoms with van der Waals surface area (Å²) < 4.78 is 34.1. The summed E-state index contributed by atoms with van der Waals surface area (Å²) in [6.07, 6.45) is 7.58. The number of methoxy groups -OCH3 is 1. The van der Waals surface area contributed by atoms with Crippen LogP contribution < -0.4 is 14.4 Å². The molecule has 3 aromatic rings. The molecule has 2 bridgehead atoms. The van der Waals surface area contributed by atoms with Crippen molar-refractivity contribution < 1.29 is 23.4 Å². The summed E-state index contributed by atoms with van der Waals surface area (Å²) in [7, 11) is 1.56. The number of piperazine rings is 1. The van der Waals surface area contributed by atoms with Gasteiger partial charge in [-0.2, -0.15) is 9.97 Å². The average molecular weight is 605 g/mol. The number of anilines is 1. The first-order chi connectivity index (χ1) is 21.2. The normalized spacial score (nSPS) is 22.8. The van der Waals surface area contributed by atoms with Gasteiger partial charge in [0.2, 0.25) is 0 Å². The van der Waals surface area contributed by atoms with Crippen LogP contribution in [-0.4, -0.2) is 94.0 Å². The zero-order valence-corrected chi connectivity index (χ0v) is 26.0. The fraction of sp³-hybridized carbons (Fsp3) is 0.576. The summed E-state index contributed by atoms with van der Waals surface area (Å²) in [5, 5.41) is 0.514. The molecule has 2 aromatic heterocycles. The van der Waals surface area contributed by atoms with E-state index in [-0.39, 0.29) is 40.9 Å². The third-order valence-corrected chi connectivity index (χ3v) is 9.67. The van der Waals surface area contributed by atoms with Gasteiger partial charge in [-0.05, 0) is 84.5 Å². The molecule has 4 saturated heterocycles. The second-order valence-electron chi connectivity index (χ2n) is 13.6. The zero-order chi connectivity index (χ0) is 30.6. The summed E-state index contributed by atoms with van der Waals surface area (Å²) in [5.41, 5.74) is 0.300. The number of pyridine rings is 1. The van der Waals surface area contributed by atoms with E-state index in [0.29, 0.717) is 42.2 Å². The number of fused-ring (bicyclic) bond motifs is 4. The second kappa shape index (κ2) is 11.0. The minimum Gasteiger partial charge on any atom is -0.496 e. The molecule has 2 atom stereocenters. The van der Waals surface area contributed by atoms with E-state index in [4.69, 9.17) is 19.2 Å². The molecule has 0 radical (unpaired) electrons. The number of hydrogen-bond donors (Lipinski definition) is 0. The van der Waals surface area contributed by atoms with E-state index in [1.807, 2.05) is 37.8 Å². The lowest BCUT2D eigenvalue weighted by Crippen LogP contribution is -2.57. The van der Waals surface area contributed by atoms with Gasteiger partial charge in [-0.3, -0.25) is 14.8 Å². The molecular formula is C33H41FN6O4. The lowest BCUT2D eigenvalue weighted by atomic mass is 9.95. The van der Waals surface area contributed by atoms with Crippen LogP contribution in [0.3, 0.4) is 0 Å². The topological polar surface area (TPSA) is 93.2 Å². The molecule has 0 spiro atoms. The van der Waals surface area contributed by atoms with Gasteiger partial charge in [0.15, 0.2) is 5.82 Å². The number of halogens is 1. The van der Waals surface area contributed by atoms with Crippen molar-refractivity contribution in [3.63, 3.8) is 0 Å². The Morgan fingerprint density at radius 1 is 1.07 bits per heavy atom. The van der Waals surface area contributed by atoms with E-state index in [0.717, 1.165) is 51.6 Å². The Hall–Kier alpha value is -3.73. The predicted molar refractivity (Wildman–Crippen MR) is 165 cm³/mol. The first-order valence-corrected chi connectivity index (χ1v) is 15.8. The molecule has 6 heterocycles. The highest BCUT2D eigenvalue weighted by Gasteiger charge is 2.46. The van der Waals surface area contributed by atoms with Gasteiger partial charge in [0.1, 0.15) is 35.0 Å². The van der Waals surface area contributed by atoms with Crippen molar-refractivity contribution in [3.05, 3.63) is 36.3 Å². The van der Waals surface area contributed by atoms with Gasteiger partial charge in [-0.1, -0.05) is 12.1 Å². The van der Waals surface area contributed by atoms with Crippen LogP contribution in [0.4, 0.5) is 15.0 Å². The fourth-order valence-electron chi connectivity index (χ4n) is 7.70. The summed E-state index contributed by atoms with van der Waals surface area (Å²) in [6, 6.07) is 7.34. The Morgan fingerprint density at radius 2 is 1.77 bits per heavy atom. The average Bonchev–Trinajstić information content (AvgIpc) is 3.66. The van der Waals surface area contributed by atoms with Crippen LogP contribution in [-0.2, 0) is 4.74 Å². The Kier molecular flexibility index (Phi) is 7.26. The molecule has 44 heavy (non-hydrogen) atoms. The van der Waals surface area contributed by atoms with Crippen molar-refractivity contribution in [2.75, 3.05) is 44.8 Å². The molecule has 4 aliphatic heterocycles. The van der Waals surface area contributed by atoms with Gasteiger partial charge >= 0.3 is 12.1 Å². The lowest BCUT2D eigenvalue weighted by molar-refractivity contribution is 0.0122. The minimum atomic E-state index is -0.571. The molecule has 11 heteroatoms. The van der Waals surface area contributed by atoms with Crippen LogP contribution in [0.5, 0.6) is 11.8 Å². The summed E-state index contributed by atoms with van der Waals surface area (Å²) >= 11 is 0. The molecular weight excluding hydrogens is 563 g/mol. The van der Waals surface area contributed by atoms with Crippen LogP contribution in [0.1, 0.15) is 59.3 Å². The number of carbonyl (C=O) groups is 1. The van der Waals surface area contributed by atoms with E-state index in [1.165, 1.54) is 0 Å². The zero-order valence-electron chi connectivity index (χ0n) is 26.0. The molecule has 234 valence electrons. The van der Waals surface area contributed by atoms with Crippen molar-refractivity contribution in [2.24, 2.45) is 0 Å².